The highest BCUT2D eigenvalue weighted by atomic mass is 35.5. The first-order chi connectivity index (χ1) is 9.22. The summed E-state index contributed by atoms with van der Waals surface area (Å²) < 4.78 is 11.4. The maximum absolute atomic E-state index is 6.24. The number of ether oxygens (including phenoxy) is 2. The van der Waals surface area contributed by atoms with E-state index in [4.69, 9.17) is 21.1 Å². The number of hydrogen-bond acceptors (Lipinski definition) is 2. The molecule has 106 valence electrons. The predicted molar refractivity (Wildman–Crippen MR) is 81.5 cm³/mol. The molecule has 3 heteroatoms. The average molecular weight is 283 g/mol. The van der Waals surface area contributed by atoms with E-state index in [2.05, 4.69) is 20.4 Å². The normalized spacial score (nSPS) is 10.3. The van der Waals surface area contributed by atoms with E-state index in [0.29, 0.717) is 24.0 Å². The molecule has 0 aliphatic heterocycles. The van der Waals surface area contributed by atoms with E-state index in [9.17, 15) is 0 Å². The van der Waals surface area contributed by atoms with Crippen LogP contribution in [-0.4, -0.2) is 13.2 Å². The maximum Gasteiger partial charge on any atom is 0.141 e. The van der Waals surface area contributed by atoms with Crippen LogP contribution in [0.2, 0.25) is 5.02 Å². The number of hydrogen-bond donors (Lipinski definition) is 0. The van der Waals surface area contributed by atoms with Crippen LogP contribution in [0, 0.1) is 0 Å². The van der Waals surface area contributed by atoms with Crippen LogP contribution in [-0.2, 0) is 6.42 Å². The Labute approximate surface area is 121 Å². The molecule has 0 atom stereocenters. The van der Waals surface area contributed by atoms with Gasteiger partial charge < -0.3 is 9.47 Å². The smallest absolute Gasteiger partial charge is 0.141 e. The molecular formula is C16H23ClO2. The minimum absolute atomic E-state index is 0.649. The molecule has 0 spiro atoms. The highest BCUT2D eigenvalue weighted by Gasteiger charge is 2.10. The molecule has 0 unspecified atom stereocenters. The second-order valence-electron chi connectivity index (χ2n) is 4.41. The Kier molecular flexibility index (Phi) is 7.42. The largest absolute Gasteiger partial charge is 0.493 e. The number of halogens is 1. The molecule has 0 heterocycles. The van der Waals surface area contributed by atoms with Gasteiger partial charge in [0.2, 0.25) is 0 Å². The molecule has 0 aliphatic rings. The molecule has 0 aromatic heterocycles. The molecule has 0 amide bonds. The van der Waals surface area contributed by atoms with Crippen molar-refractivity contribution in [2.75, 3.05) is 13.2 Å². The summed E-state index contributed by atoms with van der Waals surface area (Å²) >= 11 is 6.24. The monoisotopic (exact) mass is 282 g/mol. The second-order valence-corrected chi connectivity index (χ2v) is 4.82. The molecule has 0 bridgehead atoms. The molecule has 1 aromatic rings. The molecule has 0 fully saturated rings. The predicted octanol–water partition coefficient (Wildman–Crippen LogP) is 5.04. The summed E-state index contributed by atoms with van der Waals surface area (Å²) in [5.74, 6) is 1.58. The summed E-state index contributed by atoms with van der Waals surface area (Å²) in [6.45, 7) is 9.28. The van der Waals surface area contributed by atoms with Crippen LogP contribution in [0.25, 0.3) is 0 Å². The lowest BCUT2D eigenvalue weighted by Gasteiger charge is -2.14. The van der Waals surface area contributed by atoms with Gasteiger partial charge in [0.1, 0.15) is 11.5 Å². The highest BCUT2D eigenvalue weighted by molar-refractivity contribution is 6.32. The third-order valence-corrected chi connectivity index (χ3v) is 2.95. The first-order valence-corrected chi connectivity index (χ1v) is 7.29. The zero-order chi connectivity index (χ0) is 14.1. The standard InChI is InChI=1S/C16H23ClO2/c1-4-7-8-13-11-14(17)16(19-10-6-3)12-15(13)18-9-5-2/h4,11-12H,1,5-10H2,2-3H3. The summed E-state index contributed by atoms with van der Waals surface area (Å²) in [6.07, 6.45) is 5.64. The molecule has 0 saturated heterocycles. The molecule has 0 aliphatic carbocycles. The first-order valence-electron chi connectivity index (χ1n) is 6.91. The van der Waals surface area contributed by atoms with Gasteiger partial charge in [0.15, 0.2) is 0 Å². The molecule has 0 saturated carbocycles. The molecule has 2 nitrogen and oxygen atoms in total. The van der Waals surface area contributed by atoms with Crippen LogP contribution in [0.1, 0.15) is 38.7 Å². The van der Waals surface area contributed by atoms with Gasteiger partial charge in [-0.1, -0.05) is 31.5 Å². The van der Waals surface area contributed by atoms with Crippen molar-refractivity contribution in [2.45, 2.75) is 39.5 Å². The van der Waals surface area contributed by atoms with Crippen molar-refractivity contribution < 1.29 is 9.47 Å². The quantitative estimate of drug-likeness (QED) is 0.591. The van der Waals surface area contributed by atoms with Gasteiger partial charge in [0, 0.05) is 6.07 Å². The minimum Gasteiger partial charge on any atom is -0.493 e. The van der Waals surface area contributed by atoms with Gasteiger partial charge in [-0.3, -0.25) is 0 Å². The van der Waals surface area contributed by atoms with Crippen molar-refractivity contribution in [3.05, 3.63) is 35.4 Å². The Bertz CT molecular complexity index is 402. The van der Waals surface area contributed by atoms with E-state index < -0.39 is 0 Å². The fraction of sp³-hybridized carbons (Fsp3) is 0.500. The molecule has 1 rings (SSSR count). The zero-order valence-electron chi connectivity index (χ0n) is 11.9. The number of benzene rings is 1. The fourth-order valence-electron chi connectivity index (χ4n) is 1.70. The van der Waals surface area contributed by atoms with Crippen LogP contribution >= 0.6 is 11.6 Å². The minimum atomic E-state index is 0.649. The highest BCUT2D eigenvalue weighted by Crippen LogP contribution is 2.33. The van der Waals surface area contributed by atoms with Crippen LogP contribution in [0.4, 0.5) is 0 Å². The lowest BCUT2D eigenvalue weighted by Crippen LogP contribution is -2.02. The van der Waals surface area contributed by atoms with Gasteiger partial charge in [-0.15, -0.1) is 6.58 Å². The second kappa shape index (κ2) is 8.87. The van der Waals surface area contributed by atoms with Crippen LogP contribution in [0.5, 0.6) is 11.5 Å². The Morgan fingerprint density at radius 3 is 2.32 bits per heavy atom. The van der Waals surface area contributed by atoms with Gasteiger partial charge in [0.25, 0.3) is 0 Å². The lowest BCUT2D eigenvalue weighted by molar-refractivity contribution is 0.299. The van der Waals surface area contributed by atoms with E-state index in [-0.39, 0.29) is 0 Å². The third-order valence-electron chi connectivity index (χ3n) is 2.66. The van der Waals surface area contributed by atoms with Crippen molar-refractivity contribution in [3.63, 3.8) is 0 Å². The summed E-state index contributed by atoms with van der Waals surface area (Å²) in [7, 11) is 0. The van der Waals surface area contributed by atoms with Gasteiger partial charge >= 0.3 is 0 Å². The molecular weight excluding hydrogens is 260 g/mol. The van der Waals surface area contributed by atoms with Gasteiger partial charge in [-0.25, -0.2) is 0 Å². The first kappa shape index (κ1) is 15.9. The molecule has 0 radical (unpaired) electrons. The molecule has 0 N–H and O–H groups in total. The number of allylic oxidation sites excluding steroid dienone is 1. The Hall–Kier alpha value is -1.15. The molecule has 1 aromatic carbocycles. The number of aryl methyl sites for hydroxylation is 1. The summed E-state index contributed by atoms with van der Waals surface area (Å²) in [5.41, 5.74) is 1.11. The zero-order valence-corrected chi connectivity index (χ0v) is 12.6. The lowest BCUT2D eigenvalue weighted by atomic mass is 10.1. The summed E-state index contributed by atoms with van der Waals surface area (Å²) in [6, 6.07) is 3.85. The van der Waals surface area contributed by atoms with E-state index in [1.165, 1.54) is 0 Å². The summed E-state index contributed by atoms with van der Waals surface area (Å²) in [5, 5.41) is 0.649. The third kappa shape index (κ3) is 5.15. The van der Waals surface area contributed by atoms with E-state index in [1.807, 2.05) is 18.2 Å². The van der Waals surface area contributed by atoms with Crippen molar-refractivity contribution in [1.82, 2.24) is 0 Å². The van der Waals surface area contributed by atoms with E-state index in [1.54, 1.807) is 0 Å². The molecule has 19 heavy (non-hydrogen) atoms. The topological polar surface area (TPSA) is 18.5 Å². The van der Waals surface area contributed by atoms with Gasteiger partial charge in [-0.2, -0.15) is 0 Å². The number of rotatable bonds is 9. The van der Waals surface area contributed by atoms with Crippen LogP contribution in [0.15, 0.2) is 24.8 Å². The Morgan fingerprint density at radius 1 is 1.11 bits per heavy atom. The fourth-order valence-corrected chi connectivity index (χ4v) is 1.94. The Balaban J connectivity index is 2.94. The van der Waals surface area contributed by atoms with Crippen molar-refractivity contribution >= 4 is 11.6 Å². The van der Waals surface area contributed by atoms with Gasteiger partial charge in [-0.05, 0) is 37.3 Å². The van der Waals surface area contributed by atoms with E-state index >= 15 is 0 Å². The van der Waals surface area contributed by atoms with Crippen molar-refractivity contribution in [2.24, 2.45) is 0 Å². The Morgan fingerprint density at radius 2 is 1.74 bits per heavy atom. The van der Waals surface area contributed by atoms with Gasteiger partial charge in [0.05, 0.1) is 18.2 Å². The van der Waals surface area contributed by atoms with Crippen molar-refractivity contribution in [1.29, 1.82) is 0 Å². The summed E-state index contributed by atoms with van der Waals surface area (Å²) in [4.78, 5) is 0. The van der Waals surface area contributed by atoms with E-state index in [0.717, 1.165) is 37.0 Å². The van der Waals surface area contributed by atoms with Crippen molar-refractivity contribution in [3.8, 4) is 11.5 Å². The SMILES string of the molecule is C=CCCc1cc(Cl)c(OCCC)cc1OCCC. The van der Waals surface area contributed by atoms with Crippen LogP contribution < -0.4 is 9.47 Å². The van der Waals surface area contributed by atoms with Crippen LogP contribution in [0.3, 0.4) is 0 Å². The maximum atomic E-state index is 6.24. The average Bonchev–Trinajstić information content (AvgIpc) is 2.42.